The number of rotatable bonds is 4. The molecule has 0 aliphatic heterocycles. The molecule has 3 nitrogen and oxygen atoms in total. The molecule has 1 atom stereocenters. The number of hydrogen-bond donors (Lipinski definition) is 0. The van der Waals surface area contributed by atoms with Crippen LogP contribution in [0.25, 0.3) is 0 Å². The van der Waals surface area contributed by atoms with Gasteiger partial charge in [0.15, 0.2) is 6.10 Å². The Morgan fingerprint density at radius 2 is 2.36 bits per heavy atom. The Hall–Kier alpha value is -1.01. The molecule has 0 rings (SSSR count). The van der Waals surface area contributed by atoms with Crippen LogP contribution >= 0.6 is 0 Å². The standard InChI is InChI=1S/C8H12O3/c1-4-6-7(10-3)8(9)11-5-2/h1,7H,5-6H2,2-3H3. The number of hydrogen-bond acceptors (Lipinski definition) is 3. The molecule has 1 unspecified atom stereocenters. The first-order valence-electron chi connectivity index (χ1n) is 3.39. The van der Waals surface area contributed by atoms with E-state index in [2.05, 4.69) is 10.7 Å². The van der Waals surface area contributed by atoms with Crippen molar-refractivity contribution in [2.45, 2.75) is 19.4 Å². The van der Waals surface area contributed by atoms with E-state index in [4.69, 9.17) is 11.2 Å². The van der Waals surface area contributed by atoms with Gasteiger partial charge in [0.1, 0.15) is 0 Å². The summed E-state index contributed by atoms with van der Waals surface area (Å²) in [5.74, 6) is 1.94. The minimum Gasteiger partial charge on any atom is -0.464 e. The molecule has 3 heteroatoms. The van der Waals surface area contributed by atoms with Crippen LogP contribution in [0.15, 0.2) is 0 Å². The van der Waals surface area contributed by atoms with Crippen molar-refractivity contribution in [2.24, 2.45) is 0 Å². The van der Waals surface area contributed by atoms with Crippen molar-refractivity contribution in [3.05, 3.63) is 0 Å². The molecule has 0 fully saturated rings. The minimum absolute atomic E-state index is 0.259. The van der Waals surface area contributed by atoms with E-state index in [1.54, 1.807) is 6.92 Å². The molecule has 0 aromatic carbocycles. The van der Waals surface area contributed by atoms with E-state index in [-0.39, 0.29) is 6.42 Å². The molecule has 0 bridgehead atoms. The lowest BCUT2D eigenvalue weighted by molar-refractivity contribution is -0.154. The summed E-state index contributed by atoms with van der Waals surface area (Å²) in [4.78, 5) is 10.9. The second kappa shape index (κ2) is 5.75. The summed E-state index contributed by atoms with van der Waals surface area (Å²) >= 11 is 0. The van der Waals surface area contributed by atoms with Crippen LogP contribution in [-0.2, 0) is 14.3 Å². The zero-order chi connectivity index (χ0) is 8.69. The summed E-state index contributed by atoms with van der Waals surface area (Å²) in [5, 5.41) is 0. The third-order valence-corrected chi connectivity index (χ3v) is 1.14. The lowest BCUT2D eigenvalue weighted by Crippen LogP contribution is -2.24. The maximum atomic E-state index is 10.9. The number of esters is 1. The van der Waals surface area contributed by atoms with Crippen molar-refractivity contribution in [1.29, 1.82) is 0 Å². The second-order valence-electron chi connectivity index (χ2n) is 1.88. The van der Waals surface area contributed by atoms with Crippen molar-refractivity contribution < 1.29 is 14.3 Å². The number of terminal acetylenes is 1. The Morgan fingerprint density at radius 1 is 1.73 bits per heavy atom. The van der Waals surface area contributed by atoms with Gasteiger partial charge in [-0.1, -0.05) is 0 Å². The topological polar surface area (TPSA) is 35.5 Å². The zero-order valence-electron chi connectivity index (χ0n) is 6.79. The van der Waals surface area contributed by atoms with Crippen LogP contribution in [0.5, 0.6) is 0 Å². The lowest BCUT2D eigenvalue weighted by atomic mass is 10.3. The van der Waals surface area contributed by atoms with Crippen LogP contribution in [0.2, 0.25) is 0 Å². The van der Waals surface area contributed by atoms with Crippen molar-refractivity contribution in [1.82, 2.24) is 0 Å². The summed E-state index contributed by atoms with van der Waals surface area (Å²) in [6.07, 6.45) is 4.65. The van der Waals surface area contributed by atoms with E-state index >= 15 is 0 Å². The highest BCUT2D eigenvalue weighted by Gasteiger charge is 2.16. The van der Waals surface area contributed by atoms with Gasteiger partial charge in [-0.05, 0) is 6.92 Å². The average molecular weight is 156 g/mol. The minimum atomic E-state index is -0.611. The molecule has 0 N–H and O–H groups in total. The second-order valence-corrected chi connectivity index (χ2v) is 1.88. The molecule has 0 aliphatic rings. The summed E-state index contributed by atoms with van der Waals surface area (Å²) < 4.78 is 9.48. The van der Waals surface area contributed by atoms with Crippen LogP contribution in [0, 0.1) is 12.3 Å². The molecular formula is C8H12O3. The largest absolute Gasteiger partial charge is 0.464 e. The Balaban J connectivity index is 3.83. The monoisotopic (exact) mass is 156 g/mol. The molecule has 0 amide bonds. The van der Waals surface area contributed by atoms with Crippen molar-refractivity contribution >= 4 is 5.97 Å². The van der Waals surface area contributed by atoms with Gasteiger partial charge >= 0.3 is 5.97 Å². The maximum Gasteiger partial charge on any atom is 0.336 e. The first-order valence-corrected chi connectivity index (χ1v) is 3.39. The van der Waals surface area contributed by atoms with Gasteiger partial charge in [-0.2, -0.15) is 0 Å². The van der Waals surface area contributed by atoms with Gasteiger partial charge in [-0.15, -0.1) is 12.3 Å². The molecule has 11 heavy (non-hydrogen) atoms. The van der Waals surface area contributed by atoms with Gasteiger partial charge in [0.2, 0.25) is 0 Å². The SMILES string of the molecule is C#CCC(OC)C(=O)OCC. The van der Waals surface area contributed by atoms with Gasteiger partial charge in [-0.3, -0.25) is 0 Å². The zero-order valence-corrected chi connectivity index (χ0v) is 6.79. The fourth-order valence-corrected chi connectivity index (χ4v) is 0.605. The molecule has 0 aliphatic carbocycles. The highest BCUT2D eigenvalue weighted by atomic mass is 16.6. The van der Waals surface area contributed by atoms with Crippen molar-refractivity contribution in [2.75, 3.05) is 13.7 Å². The molecule has 0 radical (unpaired) electrons. The normalized spacial score (nSPS) is 11.7. The maximum absolute atomic E-state index is 10.9. The molecule has 0 aromatic heterocycles. The third kappa shape index (κ3) is 3.64. The number of methoxy groups -OCH3 is 1. The van der Waals surface area contributed by atoms with Crippen molar-refractivity contribution in [3.63, 3.8) is 0 Å². The van der Waals surface area contributed by atoms with Gasteiger partial charge in [0.25, 0.3) is 0 Å². The molecule has 62 valence electrons. The van der Waals surface area contributed by atoms with E-state index in [1.165, 1.54) is 7.11 Å². The fraction of sp³-hybridized carbons (Fsp3) is 0.625. The predicted molar refractivity (Wildman–Crippen MR) is 40.9 cm³/mol. The number of ether oxygens (including phenoxy) is 2. The first-order chi connectivity index (χ1) is 5.26. The smallest absolute Gasteiger partial charge is 0.336 e. The van der Waals surface area contributed by atoms with E-state index in [0.29, 0.717) is 6.61 Å². The van der Waals surface area contributed by atoms with E-state index in [0.717, 1.165) is 0 Å². The predicted octanol–water partition coefficient (Wildman–Crippen LogP) is 0.588. The summed E-state index contributed by atoms with van der Waals surface area (Å²) in [6.45, 7) is 2.09. The van der Waals surface area contributed by atoms with Crippen LogP contribution in [0.3, 0.4) is 0 Å². The molecule has 0 saturated heterocycles. The molecule has 0 saturated carbocycles. The van der Waals surface area contributed by atoms with Gasteiger partial charge in [0, 0.05) is 13.5 Å². The molecule has 0 aromatic rings. The Kier molecular flexibility index (Phi) is 5.22. The van der Waals surface area contributed by atoms with Gasteiger partial charge in [0.05, 0.1) is 6.61 Å². The highest BCUT2D eigenvalue weighted by molar-refractivity contribution is 5.75. The highest BCUT2D eigenvalue weighted by Crippen LogP contribution is 1.98. The Morgan fingerprint density at radius 3 is 2.73 bits per heavy atom. The van der Waals surface area contributed by atoms with Crippen LogP contribution in [0.4, 0.5) is 0 Å². The van der Waals surface area contributed by atoms with Gasteiger partial charge < -0.3 is 9.47 Å². The third-order valence-electron chi connectivity index (χ3n) is 1.14. The Bertz CT molecular complexity index is 157. The van der Waals surface area contributed by atoms with E-state index in [1.807, 2.05) is 0 Å². The van der Waals surface area contributed by atoms with Crippen molar-refractivity contribution in [3.8, 4) is 12.3 Å². The summed E-state index contributed by atoms with van der Waals surface area (Å²) in [6, 6.07) is 0. The van der Waals surface area contributed by atoms with Crippen LogP contribution < -0.4 is 0 Å². The fourth-order valence-electron chi connectivity index (χ4n) is 0.605. The average Bonchev–Trinajstić information content (AvgIpc) is 2.00. The molecule has 0 heterocycles. The van der Waals surface area contributed by atoms with E-state index < -0.39 is 12.1 Å². The molecule has 0 spiro atoms. The number of carbonyl (C=O) groups excluding carboxylic acids is 1. The lowest BCUT2D eigenvalue weighted by Gasteiger charge is -2.09. The molecular weight excluding hydrogens is 144 g/mol. The Labute approximate surface area is 66.7 Å². The van der Waals surface area contributed by atoms with Gasteiger partial charge in [-0.25, -0.2) is 4.79 Å². The quantitative estimate of drug-likeness (QED) is 0.441. The van der Waals surface area contributed by atoms with E-state index in [9.17, 15) is 4.79 Å². The summed E-state index contributed by atoms with van der Waals surface area (Å²) in [5.41, 5.74) is 0. The number of carbonyl (C=O) groups is 1. The summed E-state index contributed by atoms with van der Waals surface area (Å²) in [7, 11) is 1.43. The van der Waals surface area contributed by atoms with Crippen LogP contribution in [-0.4, -0.2) is 25.8 Å². The van der Waals surface area contributed by atoms with Crippen LogP contribution in [0.1, 0.15) is 13.3 Å². The first kappa shape index (κ1) is 9.99.